The summed E-state index contributed by atoms with van der Waals surface area (Å²) in [6.07, 6.45) is 4.57. The molecule has 1 amide bonds. The Kier molecular flexibility index (Phi) is 6.18. The van der Waals surface area contributed by atoms with Gasteiger partial charge in [0.1, 0.15) is 0 Å². The maximum atomic E-state index is 12.7. The molecule has 1 aliphatic heterocycles. The Hall–Kier alpha value is -1.90. The maximum absolute atomic E-state index is 12.7. The molecule has 0 bridgehead atoms. The van der Waals surface area contributed by atoms with Crippen LogP contribution in [0.1, 0.15) is 18.4 Å². The summed E-state index contributed by atoms with van der Waals surface area (Å²) in [6, 6.07) is 7.48. The van der Waals surface area contributed by atoms with Gasteiger partial charge >= 0.3 is 0 Å². The lowest BCUT2D eigenvalue weighted by molar-refractivity contribution is -0.131. The van der Waals surface area contributed by atoms with Gasteiger partial charge in [0.25, 0.3) is 10.0 Å². The molecule has 27 heavy (non-hydrogen) atoms. The van der Waals surface area contributed by atoms with Crippen molar-refractivity contribution in [3.8, 4) is 0 Å². The van der Waals surface area contributed by atoms with E-state index in [1.54, 1.807) is 22.6 Å². The van der Waals surface area contributed by atoms with Crippen LogP contribution >= 0.6 is 11.6 Å². The van der Waals surface area contributed by atoms with E-state index in [1.807, 2.05) is 18.2 Å². The van der Waals surface area contributed by atoms with Crippen LogP contribution in [0.5, 0.6) is 0 Å². The average molecular weight is 411 g/mol. The molecule has 1 aromatic heterocycles. The first-order chi connectivity index (χ1) is 12.9. The highest BCUT2D eigenvalue weighted by Crippen LogP contribution is 2.17. The van der Waals surface area contributed by atoms with Crippen molar-refractivity contribution in [1.82, 2.24) is 18.8 Å². The topological polar surface area (TPSA) is 75.5 Å². The standard InChI is InChI=1S/C18H23ClN4O3S/c1-21-13-17(20-14-21)27(25,26)23-9-3-8-22(10-11-23)18(24)7-6-15-4-2-5-16(19)12-15/h2,4-5,12-14H,3,6-11H2,1H3. The number of amides is 1. The number of halogens is 1. The number of imidazole rings is 1. The molecule has 0 saturated carbocycles. The van der Waals surface area contributed by atoms with E-state index in [-0.39, 0.29) is 17.5 Å². The Morgan fingerprint density at radius 2 is 2.04 bits per heavy atom. The first kappa shape index (κ1) is 19.9. The smallest absolute Gasteiger partial charge is 0.262 e. The monoisotopic (exact) mass is 410 g/mol. The number of carbonyl (C=O) groups is 1. The molecule has 7 nitrogen and oxygen atoms in total. The number of hydrogen-bond donors (Lipinski definition) is 0. The quantitative estimate of drug-likeness (QED) is 0.754. The maximum Gasteiger partial charge on any atom is 0.262 e. The van der Waals surface area contributed by atoms with Crippen LogP contribution < -0.4 is 0 Å². The normalized spacial score (nSPS) is 16.3. The van der Waals surface area contributed by atoms with Crippen LogP contribution in [-0.2, 0) is 28.3 Å². The lowest BCUT2D eigenvalue weighted by atomic mass is 10.1. The van der Waals surface area contributed by atoms with E-state index in [2.05, 4.69) is 4.98 Å². The molecule has 0 atom stereocenters. The van der Waals surface area contributed by atoms with E-state index in [4.69, 9.17) is 11.6 Å². The Bertz CT molecular complexity index is 913. The molecule has 0 spiro atoms. The minimum absolute atomic E-state index is 0.0343. The molecule has 1 aromatic carbocycles. The van der Waals surface area contributed by atoms with Gasteiger partial charge in [0.15, 0.2) is 5.03 Å². The fraction of sp³-hybridized carbons (Fsp3) is 0.444. The number of carbonyl (C=O) groups excluding carboxylic acids is 1. The van der Waals surface area contributed by atoms with Crippen molar-refractivity contribution < 1.29 is 13.2 Å². The third-order valence-corrected chi connectivity index (χ3v) is 6.63. The molecule has 3 rings (SSSR count). The summed E-state index contributed by atoms with van der Waals surface area (Å²) in [5, 5.41) is 0.704. The summed E-state index contributed by atoms with van der Waals surface area (Å²) in [5.74, 6) is 0.0343. The number of sulfonamides is 1. The van der Waals surface area contributed by atoms with Crippen molar-refractivity contribution in [3.05, 3.63) is 47.4 Å². The molecule has 1 saturated heterocycles. The molecule has 1 fully saturated rings. The molecule has 146 valence electrons. The molecule has 0 radical (unpaired) electrons. The third-order valence-electron chi connectivity index (χ3n) is 4.61. The van der Waals surface area contributed by atoms with Gasteiger partial charge in [-0.15, -0.1) is 0 Å². The van der Waals surface area contributed by atoms with Crippen LogP contribution in [0.3, 0.4) is 0 Å². The van der Waals surface area contributed by atoms with Crippen molar-refractivity contribution >= 4 is 27.5 Å². The van der Waals surface area contributed by atoms with E-state index in [9.17, 15) is 13.2 Å². The van der Waals surface area contributed by atoms with Gasteiger partial charge in [0.2, 0.25) is 5.91 Å². The third kappa shape index (κ3) is 4.88. The van der Waals surface area contributed by atoms with Gasteiger partial charge < -0.3 is 9.47 Å². The number of hydrogen-bond acceptors (Lipinski definition) is 4. The average Bonchev–Trinajstić information content (AvgIpc) is 2.92. The Morgan fingerprint density at radius 1 is 1.22 bits per heavy atom. The predicted molar refractivity (Wildman–Crippen MR) is 103 cm³/mol. The van der Waals surface area contributed by atoms with Crippen LogP contribution in [0, 0.1) is 0 Å². The molecule has 0 aliphatic carbocycles. The van der Waals surface area contributed by atoms with Crippen molar-refractivity contribution in [2.75, 3.05) is 26.2 Å². The van der Waals surface area contributed by atoms with Crippen LogP contribution in [-0.4, -0.2) is 59.3 Å². The van der Waals surface area contributed by atoms with Gasteiger partial charge in [0.05, 0.1) is 6.33 Å². The number of benzene rings is 1. The molecular weight excluding hydrogens is 388 g/mol. The molecule has 2 heterocycles. The molecule has 1 aliphatic rings. The van der Waals surface area contributed by atoms with E-state index in [0.29, 0.717) is 43.9 Å². The first-order valence-corrected chi connectivity index (χ1v) is 10.7. The molecule has 2 aromatic rings. The SMILES string of the molecule is Cn1cnc(S(=O)(=O)N2CCCN(C(=O)CCc3cccc(Cl)c3)CC2)c1. The highest BCUT2D eigenvalue weighted by molar-refractivity contribution is 7.89. The van der Waals surface area contributed by atoms with Crippen LogP contribution in [0.15, 0.2) is 41.8 Å². The van der Waals surface area contributed by atoms with Crippen LogP contribution in [0.2, 0.25) is 5.02 Å². The Balaban J connectivity index is 1.58. The predicted octanol–water partition coefficient (Wildman–Crippen LogP) is 1.93. The van der Waals surface area contributed by atoms with Crippen molar-refractivity contribution in [3.63, 3.8) is 0 Å². The zero-order chi connectivity index (χ0) is 19.4. The lowest BCUT2D eigenvalue weighted by Crippen LogP contribution is -2.37. The second-order valence-electron chi connectivity index (χ2n) is 6.65. The Labute approximate surface area is 164 Å². The zero-order valence-electron chi connectivity index (χ0n) is 15.2. The van der Waals surface area contributed by atoms with Crippen molar-refractivity contribution in [2.24, 2.45) is 7.05 Å². The minimum atomic E-state index is -3.62. The second kappa shape index (κ2) is 8.41. The molecule has 0 N–H and O–H groups in total. The van der Waals surface area contributed by atoms with Gasteiger partial charge in [-0.3, -0.25) is 4.79 Å². The largest absolute Gasteiger partial charge is 0.341 e. The minimum Gasteiger partial charge on any atom is -0.341 e. The fourth-order valence-electron chi connectivity index (χ4n) is 3.14. The van der Waals surface area contributed by atoms with Gasteiger partial charge in [-0.1, -0.05) is 23.7 Å². The molecule has 9 heteroatoms. The summed E-state index contributed by atoms with van der Waals surface area (Å²) in [7, 11) is -1.89. The van der Waals surface area contributed by atoms with Gasteiger partial charge in [-0.2, -0.15) is 4.31 Å². The number of aryl methyl sites for hydroxylation is 2. The second-order valence-corrected chi connectivity index (χ2v) is 8.97. The highest BCUT2D eigenvalue weighted by atomic mass is 35.5. The summed E-state index contributed by atoms with van der Waals surface area (Å²) in [5.41, 5.74) is 1.02. The number of aromatic nitrogens is 2. The van der Waals surface area contributed by atoms with E-state index in [0.717, 1.165) is 5.56 Å². The Morgan fingerprint density at radius 3 is 2.74 bits per heavy atom. The fourth-order valence-corrected chi connectivity index (χ4v) is 4.79. The number of nitrogens with zero attached hydrogens (tertiary/aromatic N) is 4. The summed E-state index contributed by atoms with van der Waals surface area (Å²) < 4.78 is 28.4. The lowest BCUT2D eigenvalue weighted by Gasteiger charge is -2.21. The summed E-state index contributed by atoms with van der Waals surface area (Å²) in [4.78, 5) is 18.3. The zero-order valence-corrected chi connectivity index (χ0v) is 16.8. The highest BCUT2D eigenvalue weighted by Gasteiger charge is 2.29. The molecule has 0 unspecified atom stereocenters. The molecular formula is C18H23ClN4O3S. The van der Waals surface area contributed by atoms with Gasteiger partial charge in [-0.25, -0.2) is 13.4 Å². The van der Waals surface area contributed by atoms with Crippen LogP contribution in [0.25, 0.3) is 0 Å². The number of rotatable bonds is 5. The van der Waals surface area contributed by atoms with Crippen LogP contribution in [0.4, 0.5) is 0 Å². The first-order valence-electron chi connectivity index (χ1n) is 8.86. The van der Waals surface area contributed by atoms with Gasteiger partial charge in [0, 0.05) is 50.9 Å². The van der Waals surface area contributed by atoms with Crippen molar-refractivity contribution in [2.45, 2.75) is 24.3 Å². The van der Waals surface area contributed by atoms with Crippen molar-refractivity contribution in [1.29, 1.82) is 0 Å². The van der Waals surface area contributed by atoms with Gasteiger partial charge in [-0.05, 0) is 30.5 Å². The van der Waals surface area contributed by atoms with E-state index < -0.39 is 10.0 Å². The summed E-state index contributed by atoms with van der Waals surface area (Å²) >= 11 is 5.98. The van der Waals surface area contributed by atoms with E-state index in [1.165, 1.54) is 16.8 Å². The van der Waals surface area contributed by atoms with E-state index >= 15 is 0 Å². The summed E-state index contributed by atoms with van der Waals surface area (Å²) in [6.45, 7) is 1.61.